The van der Waals surface area contributed by atoms with Gasteiger partial charge in [-0.1, -0.05) is 28.1 Å². The Kier molecular flexibility index (Phi) is 4.48. The SMILES string of the molecule is COc1ccc(Br)cc1COc1cccc(C)c1C. The van der Waals surface area contributed by atoms with Crippen LogP contribution in [0.15, 0.2) is 40.9 Å². The molecule has 0 aliphatic rings. The molecule has 0 atom stereocenters. The molecule has 0 fully saturated rings. The van der Waals surface area contributed by atoms with E-state index >= 15 is 0 Å². The lowest BCUT2D eigenvalue weighted by Gasteiger charge is -2.13. The zero-order valence-electron chi connectivity index (χ0n) is 11.4. The molecule has 0 aliphatic heterocycles. The Bertz CT molecular complexity index is 579. The third-order valence-electron chi connectivity index (χ3n) is 3.18. The average molecular weight is 321 g/mol. The Morgan fingerprint density at radius 3 is 2.58 bits per heavy atom. The fraction of sp³-hybridized carbons (Fsp3) is 0.250. The molecule has 0 aromatic heterocycles. The summed E-state index contributed by atoms with van der Waals surface area (Å²) in [5.41, 5.74) is 3.44. The van der Waals surface area contributed by atoms with E-state index in [0.29, 0.717) is 6.61 Å². The molecular weight excluding hydrogens is 304 g/mol. The van der Waals surface area contributed by atoms with E-state index in [1.165, 1.54) is 11.1 Å². The van der Waals surface area contributed by atoms with Gasteiger partial charge in [0.15, 0.2) is 0 Å². The Labute approximate surface area is 122 Å². The molecule has 100 valence electrons. The van der Waals surface area contributed by atoms with E-state index in [1.54, 1.807) is 7.11 Å². The van der Waals surface area contributed by atoms with Gasteiger partial charge in [-0.3, -0.25) is 0 Å². The fourth-order valence-corrected chi connectivity index (χ4v) is 2.30. The maximum Gasteiger partial charge on any atom is 0.125 e. The minimum absolute atomic E-state index is 0.493. The van der Waals surface area contributed by atoms with Crippen LogP contribution in [0.2, 0.25) is 0 Å². The van der Waals surface area contributed by atoms with Crippen LogP contribution in [0.5, 0.6) is 11.5 Å². The van der Waals surface area contributed by atoms with Crippen molar-refractivity contribution in [1.29, 1.82) is 0 Å². The van der Waals surface area contributed by atoms with Gasteiger partial charge in [-0.25, -0.2) is 0 Å². The van der Waals surface area contributed by atoms with E-state index in [9.17, 15) is 0 Å². The largest absolute Gasteiger partial charge is 0.496 e. The monoisotopic (exact) mass is 320 g/mol. The first-order valence-electron chi connectivity index (χ1n) is 6.13. The van der Waals surface area contributed by atoms with Crippen LogP contribution >= 0.6 is 15.9 Å². The normalized spacial score (nSPS) is 10.3. The van der Waals surface area contributed by atoms with Crippen LogP contribution in [0.25, 0.3) is 0 Å². The van der Waals surface area contributed by atoms with Crippen molar-refractivity contribution in [2.24, 2.45) is 0 Å². The summed E-state index contributed by atoms with van der Waals surface area (Å²) in [5, 5.41) is 0. The third kappa shape index (κ3) is 3.29. The van der Waals surface area contributed by atoms with Gasteiger partial charge in [0.05, 0.1) is 7.11 Å². The van der Waals surface area contributed by atoms with Crippen molar-refractivity contribution in [2.45, 2.75) is 20.5 Å². The van der Waals surface area contributed by atoms with Crippen LogP contribution in [-0.4, -0.2) is 7.11 Å². The molecule has 3 heteroatoms. The van der Waals surface area contributed by atoms with Crippen LogP contribution in [-0.2, 0) is 6.61 Å². The molecule has 2 rings (SSSR count). The van der Waals surface area contributed by atoms with Gasteiger partial charge in [-0.2, -0.15) is 0 Å². The molecule has 0 bridgehead atoms. The van der Waals surface area contributed by atoms with Gasteiger partial charge >= 0.3 is 0 Å². The number of aryl methyl sites for hydroxylation is 1. The van der Waals surface area contributed by atoms with Crippen molar-refractivity contribution in [3.8, 4) is 11.5 Å². The lowest BCUT2D eigenvalue weighted by molar-refractivity contribution is 0.294. The predicted molar refractivity (Wildman–Crippen MR) is 80.9 cm³/mol. The predicted octanol–water partition coefficient (Wildman–Crippen LogP) is 4.65. The first-order chi connectivity index (χ1) is 9.11. The van der Waals surface area contributed by atoms with Crippen molar-refractivity contribution in [1.82, 2.24) is 0 Å². The quantitative estimate of drug-likeness (QED) is 0.816. The van der Waals surface area contributed by atoms with Gasteiger partial charge in [0, 0.05) is 10.0 Å². The number of hydrogen-bond donors (Lipinski definition) is 0. The van der Waals surface area contributed by atoms with Gasteiger partial charge in [0.25, 0.3) is 0 Å². The highest BCUT2D eigenvalue weighted by atomic mass is 79.9. The summed E-state index contributed by atoms with van der Waals surface area (Å²) in [4.78, 5) is 0. The minimum atomic E-state index is 0.493. The third-order valence-corrected chi connectivity index (χ3v) is 3.67. The summed E-state index contributed by atoms with van der Waals surface area (Å²) in [6, 6.07) is 12.0. The van der Waals surface area contributed by atoms with E-state index in [-0.39, 0.29) is 0 Å². The highest BCUT2D eigenvalue weighted by Crippen LogP contribution is 2.26. The molecule has 2 aromatic rings. The summed E-state index contributed by atoms with van der Waals surface area (Å²) in [6.07, 6.45) is 0. The van der Waals surface area contributed by atoms with Crippen LogP contribution in [0.3, 0.4) is 0 Å². The van der Waals surface area contributed by atoms with Gasteiger partial charge in [-0.15, -0.1) is 0 Å². The number of ether oxygens (including phenoxy) is 2. The molecule has 0 N–H and O–H groups in total. The first-order valence-corrected chi connectivity index (χ1v) is 6.92. The minimum Gasteiger partial charge on any atom is -0.496 e. The van der Waals surface area contributed by atoms with E-state index in [2.05, 4.69) is 35.8 Å². The lowest BCUT2D eigenvalue weighted by Crippen LogP contribution is -2.00. The molecular formula is C16H17BrO2. The molecule has 0 saturated heterocycles. The molecule has 0 aliphatic carbocycles. The topological polar surface area (TPSA) is 18.5 Å². The average Bonchev–Trinajstić information content (AvgIpc) is 2.40. The molecule has 0 unspecified atom stereocenters. The van der Waals surface area contributed by atoms with Gasteiger partial charge in [-0.05, 0) is 49.2 Å². The Hall–Kier alpha value is -1.48. The molecule has 2 aromatic carbocycles. The number of hydrogen-bond acceptors (Lipinski definition) is 2. The van der Waals surface area contributed by atoms with Gasteiger partial charge in [0.1, 0.15) is 18.1 Å². The Morgan fingerprint density at radius 2 is 1.84 bits per heavy atom. The van der Waals surface area contributed by atoms with Crippen molar-refractivity contribution >= 4 is 15.9 Å². The van der Waals surface area contributed by atoms with E-state index in [4.69, 9.17) is 9.47 Å². The molecule has 2 nitrogen and oxygen atoms in total. The molecule has 0 heterocycles. The van der Waals surface area contributed by atoms with E-state index in [1.807, 2.05) is 30.3 Å². The lowest BCUT2D eigenvalue weighted by atomic mass is 10.1. The second kappa shape index (κ2) is 6.11. The summed E-state index contributed by atoms with van der Waals surface area (Å²) in [7, 11) is 1.67. The highest BCUT2D eigenvalue weighted by molar-refractivity contribution is 9.10. The summed E-state index contributed by atoms with van der Waals surface area (Å²) < 4.78 is 12.3. The van der Waals surface area contributed by atoms with Crippen molar-refractivity contribution in [2.75, 3.05) is 7.11 Å². The Morgan fingerprint density at radius 1 is 1.05 bits per heavy atom. The molecule has 0 spiro atoms. The summed E-state index contributed by atoms with van der Waals surface area (Å²) in [5.74, 6) is 1.76. The van der Waals surface area contributed by atoms with Gasteiger partial charge in [0.2, 0.25) is 0 Å². The van der Waals surface area contributed by atoms with Crippen LogP contribution < -0.4 is 9.47 Å². The zero-order chi connectivity index (χ0) is 13.8. The maximum atomic E-state index is 5.90. The van der Waals surface area contributed by atoms with Crippen molar-refractivity contribution in [3.05, 3.63) is 57.6 Å². The molecule has 0 amide bonds. The smallest absolute Gasteiger partial charge is 0.125 e. The van der Waals surface area contributed by atoms with Crippen LogP contribution in [0.4, 0.5) is 0 Å². The van der Waals surface area contributed by atoms with E-state index < -0.39 is 0 Å². The zero-order valence-corrected chi connectivity index (χ0v) is 13.0. The van der Waals surface area contributed by atoms with Crippen molar-refractivity contribution < 1.29 is 9.47 Å². The molecule has 19 heavy (non-hydrogen) atoms. The highest BCUT2D eigenvalue weighted by Gasteiger charge is 2.07. The molecule has 0 radical (unpaired) electrons. The number of halogens is 1. The number of benzene rings is 2. The van der Waals surface area contributed by atoms with Crippen molar-refractivity contribution in [3.63, 3.8) is 0 Å². The number of rotatable bonds is 4. The van der Waals surface area contributed by atoms with Crippen LogP contribution in [0, 0.1) is 13.8 Å². The van der Waals surface area contributed by atoms with E-state index in [0.717, 1.165) is 21.5 Å². The Balaban J connectivity index is 2.18. The maximum absolute atomic E-state index is 5.90. The van der Waals surface area contributed by atoms with Crippen LogP contribution in [0.1, 0.15) is 16.7 Å². The second-order valence-electron chi connectivity index (χ2n) is 4.44. The fourth-order valence-electron chi connectivity index (χ4n) is 1.90. The second-order valence-corrected chi connectivity index (χ2v) is 5.36. The summed E-state index contributed by atoms with van der Waals surface area (Å²) >= 11 is 3.47. The first kappa shape index (κ1) is 13.9. The number of methoxy groups -OCH3 is 1. The summed E-state index contributed by atoms with van der Waals surface area (Å²) in [6.45, 7) is 4.65. The standard InChI is InChI=1S/C16H17BrO2/c1-11-5-4-6-15(12(11)2)19-10-13-9-14(17)7-8-16(13)18-3/h4-9H,10H2,1-3H3. The molecule has 0 saturated carbocycles. The van der Waals surface area contributed by atoms with Gasteiger partial charge < -0.3 is 9.47 Å².